The molecular weight excluding hydrogens is 288 g/mol. The third kappa shape index (κ3) is 3.17. The number of carbonyl (C=O) groups excluding carboxylic acids is 1. The molecule has 90 valence electrons. The molecular formula is C16H13BrO. The van der Waals surface area contributed by atoms with Gasteiger partial charge in [-0.05, 0) is 30.7 Å². The fourth-order valence-electron chi connectivity index (χ4n) is 1.59. The van der Waals surface area contributed by atoms with Crippen LogP contribution in [0.25, 0.3) is 6.08 Å². The fourth-order valence-corrected chi connectivity index (χ4v) is 2.01. The van der Waals surface area contributed by atoms with Crippen LogP contribution in [-0.4, -0.2) is 5.78 Å². The number of benzene rings is 2. The summed E-state index contributed by atoms with van der Waals surface area (Å²) in [4.78, 5) is 11.9. The van der Waals surface area contributed by atoms with Gasteiger partial charge in [0.15, 0.2) is 5.78 Å². The SMILES string of the molecule is Cc1ccc(C(=O)/C=C\c2ccccc2Br)cc1. The number of ketones is 1. The predicted octanol–water partition coefficient (Wildman–Crippen LogP) is 4.65. The van der Waals surface area contributed by atoms with Gasteiger partial charge in [0.25, 0.3) is 0 Å². The minimum Gasteiger partial charge on any atom is -0.289 e. The molecule has 0 spiro atoms. The van der Waals surface area contributed by atoms with Crippen LogP contribution in [0.5, 0.6) is 0 Å². The topological polar surface area (TPSA) is 17.1 Å². The fraction of sp³-hybridized carbons (Fsp3) is 0.0625. The minimum atomic E-state index is 0.0192. The van der Waals surface area contributed by atoms with Crippen molar-refractivity contribution < 1.29 is 4.79 Å². The maximum atomic E-state index is 11.9. The molecule has 0 aliphatic carbocycles. The van der Waals surface area contributed by atoms with E-state index in [4.69, 9.17) is 0 Å². The van der Waals surface area contributed by atoms with Crippen molar-refractivity contribution in [1.29, 1.82) is 0 Å². The van der Waals surface area contributed by atoms with Crippen LogP contribution < -0.4 is 0 Å². The molecule has 0 saturated heterocycles. The van der Waals surface area contributed by atoms with Crippen molar-refractivity contribution >= 4 is 27.8 Å². The zero-order chi connectivity index (χ0) is 13.0. The molecule has 0 saturated carbocycles. The highest BCUT2D eigenvalue weighted by Crippen LogP contribution is 2.17. The van der Waals surface area contributed by atoms with Gasteiger partial charge in [-0.25, -0.2) is 0 Å². The second-order valence-electron chi connectivity index (χ2n) is 4.09. The van der Waals surface area contributed by atoms with Crippen LogP contribution in [0.2, 0.25) is 0 Å². The van der Waals surface area contributed by atoms with E-state index in [2.05, 4.69) is 15.9 Å². The van der Waals surface area contributed by atoms with Gasteiger partial charge >= 0.3 is 0 Å². The summed E-state index contributed by atoms with van der Waals surface area (Å²) in [6.07, 6.45) is 3.43. The summed E-state index contributed by atoms with van der Waals surface area (Å²) in [7, 11) is 0. The molecule has 1 nitrogen and oxygen atoms in total. The van der Waals surface area contributed by atoms with Crippen molar-refractivity contribution in [3.05, 3.63) is 75.8 Å². The van der Waals surface area contributed by atoms with Crippen molar-refractivity contribution in [2.45, 2.75) is 6.92 Å². The Bertz CT molecular complexity index is 582. The highest BCUT2D eigenvalue weighted by atomic mass is 79.9. The molecule has 2 aromatic carbocycles. The Kier molecular flexibility index (Phi) is 4.11. The lowest BCUT2D eigenvalue weighted by Gasteiger charge is -1.98. The lowest BCUT2D eigenvalue weighted by Crippen LogP contribution is -1.93. The van der Waals surface area contributed by atoms with Gasteiger partial charge in [0.1, 0.15) is 0 Å². The third-order valence-corrected chi connectivity index (χ3v) is 3.38. The smallest absolute Gasteiger partial charge is 0.185 e. The van der Waals surface area contributed by atoms with E-state index in [1.165, 1.54) is 0 Å². The average molecular weight is 301 g/mol. The Hall–Kier alpha value is -1.67. The van der Waals surface area contributed by atoms with Crippen LogP contribution in [-0.2, 0) is 0 Å². The molecule has 2 rings (SSSR count). The van der Waals surface area contributed by atoms with Gasteiger partial charge < -0.3 is 0 Å². The number of rotatable bonds is 3. The van der Waals surface area contributed by atoms with Crippen LogP contribution in [0.4, 0.5) is 0 Å². The van der Waals surface area contributed by atoms with Crippen molar-refractivity contribution in [2.24, 2.45) is 0 Å². The van der Waals surface area contributed by atoms with Gasteiger partial charge in [0.05, 0.1) is 0 Å². The van der Waals surface area contributed by atoms with E-state index in [1.807, 2.05) is 61.5 Å². The molecule has 0 aliphatic rings. The molecule has 0 aliphatic heterocycles. The maximum Gasteiger partial charge on any atom is 0.185 e. The molecule has 0 atom stereocenters. The highest BCUT2D eigenvalue weighted by Gasteiger charge is 2.01. The number of carbonyl (C=O) groups is 1. The van der Waals surface area contributed by atoms with E-state index in [0.717, 1.165) is 15.6 Å². The first-order chi connectivity index (χ1) is 8.66. The van der Waals surface area contributed by atoms with Crippen LogP contribution in [0.3, 0.4) is 0 Å². The van der Waals surface area contributed by atoms with Gasteiger partial charge in [0, 0.05) is 10.0 Å². The van der Waals surface area contributed by atoms with Crippen LogP contribution in [0.15, 0.2) is 59.1 Å². The zero-order valence-electron chi connectivity index (χ0n) is 10.1. The second kappa shape index (κ2) is 5.78. The van der Waals surface area contributed by atoms with Gasteiger partial charge in [-0.3, -0.25) is 4.79 Å². The van der Waals surface area contributed by atoms with E-state index in [-0.39, 0.29) is 5.78 Å². The molecule has 0 N–H and O–H groups in total. The Balaban J connectivity index is 2.17. The van der Waals surface area contributed by atoms with Crippen LogP contribution >= 0.6 is 15.9 Å². The normalized spacial score (nSPS) is 10.8. The first-order valence-electron chi connectivity index (χ1n) is 5.70. The molecule has 2 aromatic rings. The standard InChI is InChI=1S/C16H13BrO/c1-12-6-8-14(9-7-12)16(18)11-10-13-4-2-3-5-15(13)17/h2-11H,1H3/b11-10-. The Morgan fingerprint density at radius 3 is 2.39 bits per heavy atom. The monoisotopic (exact) mass is 300 g/mol. The molecule has 0 amide bonds. The van der Waals surface area contributed by atoms with Gasteiger partial charge in [-0.2, -0.15) is 0 Å². The average Bonchev–Trinajstić information content (AvgIpc) is 2.38. The summed E-state index contributed by atoms with van der Waals surface area (Å²) in [6, 6.07) is 15.4. The first kappa shape index (κ1) is 12.8. The van der Waals surface area contributed by atoms with E-state index in [0.29, 0.717) is 5.56 Å². The van der Waals surface area contributed by atoms with Crippen LogP contribution in [0, 0.1) is 6.92 Å². The van der Waals surface area contributed by atoms with Crippen molar-refractivity contribution in [3.63, 3.8) is 0 Å². The van der Waals surface area contributed by atoms with Gasteiger partial charge in [-0.15, -0.1) is 0 Å². The largest absolute Gasteiger partial charge is 0.289 e. The van der Waals surface area contributed by atoms with Crippen molar-refractivity contribution in [3.8, 4) is 0 Å². The van der Waals surface area contributed by atoms with E-state index in [9.17, 15) is 4.79 Å². The molecule has 2 heteroatoms. The summed E-state index contributed by atoms with van der Waals surface area (Å²) in [5, 5.41) is 0. The summed E-state index contributed by atoms with van der Waals surface area (Å²) < 4.78 is 0.984. The zero-order valence-corrected chi connectivity index (χ0v) is 11.6. The third-order valence-electron chi connectivity index (χ3n) is 2.66. The molecule has 0 bridgehead atoms. The summed E-state index contributed by atoms with van der Waals surface area (Å²) in [5.74, 6) is 0.0192. The number of allylic oxidation sites excluding steroid dienone is 1. The second-order valence-corrected chi connectivity index (χ2v) is 4.94. The summed E-state index contributed by atoms with van der Waals surface area (Å²) >= 11 is 3.45. The van der Waals surface area contributed by atoms with Crippen molar-refractivity contribution in [2.75, 3.05) is 0 Å². The highest BCUT2D eigenvalue weighted by molar-refractivity contribution is 9.10. The molecule has 0 aromatic heterocycles. The minimum absolute atomic E-state index is 0.0192. The van der Waals surface area contributed by atoms with Crippen LogP contribution in [0.1, 0.15) is 21.5 Å². The van der Waals surface area contributed by atoms with E-state index in [1.54, 1.807) is 6.08 Å². The van der Waals surface area contributed by atoms with E-state index >= 15 is 0 Å². The molecule has 0 heterocycles. The first-order valence-corrected chi connectivity index (χ1v) is 6.50. The number of hydrogen-bond donors (Lipinski definition) is 0. The molecule has 0 fully saturated rings. The quantitative estimate of drug-likeness (QED) is 0.595. The molecule has 18 heavy (non-hydrogen) atoms. The van der Waals surface area contributed by atoms with Gasteiger partial charge in [-0.1, -0.05) is 64.0 Å². The Labute approximate surface area is 115 Å². The Morgan fingerprint density at radius 2 is 1.72 bits per heavy atom. The number of halogens is 1. The number of aryl methyl sites for hydroxylation is 1. The van der Waals surface area contributed by atoms with E-state index < -0.39 is 0 Å². The number of hydrogen-bond acceptors (Lipinski definition) is 1. The molecule has 0 radical (unpaired) electrons. The Morgan fingerprint density at radius 1 is 1.06 bits per heavy atom. The summed E-state index contributed by atoms with van der Waals surface area (Å²) in [6.45, 7) is 2.01. The lowest BCUT2D eigenvalue weighted by atomic mass is 10.1. The van der Waals surface area contributed by atoms with Gasteiger partial charge in [0.2, 0.25) is 0 Å². The van der Waals surface area contributed by atoms with Crippen molar-refractivity contribution in [1.82, 2.24) is 0 Å². The molecule has 0 unspecified atom stereocenters. The lowest BCUT2D eigenvalue weighted by molar-refractivity contribution is 0.104. The summed E-state index contributed by atoms with van der Waals surface area (Å²) in [5.41, 5.74) is 2.86. The maximum absolute atomic E-state index is 11.9. The predicted molar refractivity (Wildman–Crippen MR) is 78.7 cm³/mol.